The van der Waals surface area contributed by atoms with E-state index in [1.807, 2.05) is 0 Å². The largest absolute Gasteiger partial charge is 0.491 e. The van der Waals surface area contributed by atoms with Crippen LogP contribution in [0.2, 0.25) is 0 Å². The van der Waals surface area contributed by atoms with E-state index in [1.165, 1.54) is 12.1 Å². The van der Waals surface area contributed by atoms with E-state index in [0.717, 1.165) is 30.8 Å². The fourth-order valence-electron chi connectivity index (χ4n) is 2.55. The van der Waals surface area contributed by atoms with Gasteiger partial charge in [0.25, 0.3) is 5.91 Å². The number of hydrogen-bond acceptors (Lipinski definition) is 3. The van der Waals surface area contributed by atoms with Gasteiger partial charge in [0, 0.05) is 18.7 Å². The topological polar surface area (TPSA) is 47.6 Å². The molecule has 1 N–H and O–H groups in total. The summed E-state index contributed by atoms with van der Waals surface area (Å²) in [7, 11) is 0. The molecule has 3 rings (SSSR count). The van der Waals surface area contributed by atoms with Crippen molar-refractivity contribution in [1.29, 1.82) is 0 Å². The SMILES string of the molecule is O=C(NCc1ccc(F)cc1)c1ccc(OC[C@@H]2CCCO2)cc1. The van der Waals surface area contributed by atoms with Crippen molar-refractivity contribution in [2.24, 2.45) is 0 Å². The molecule has 1 heterocycles. The molecule has 1 saturated heterocycles. The van der Waals surface area contributed by atoms with Gasteiger partial charge in [0.1, 0.15) is 18.2 Å². The number of carbonyl (C=O) groups is 1. The minimum Gasteiger partial charge on any atom is -0.491 e. The average Bonchev–Trinajstić information content (AvgIpc) is 3.13. The van der Waals surface area contributed by atoms with Crippen LogP contribution in [-0.2, 0) is 11.3 Å². The Morgan fingerprint density at radius 2 is 1.92 bits per heavy atom. The number of nitrogens with one attached hydrogen (secondary N) is 1. The summed E-state index contributed by atoms with van der Waals surface area (Å²) in [6.07, 6.45) is 2.29. The van der Waals surface area contributed by atoms with Crippen molar-refractivity contribution in [3.63, 3.8) is 0 Å². The number of halogens is 1. The van der Waals surface area contributed by atoms with Gasteiger partial charge in [0.2, 0.25) is 0 Å². The molecule has 2 aromatic carbocycles. The molecule has 0 aromatic heterocycles. The Morgan fingerprint density at radius 1 is 1.17 bits per heavy atom. The lowest BCUT2D eigenvalue weighted by molar-refractivity contribution is 0.0679. The van der Waals surface area contributed by atoms with Crippen LogP contribution in [-0.4, -0.2) is 25.2 Å². The summed E-state index contributed by atoms with van der Waals surface area (Å²) in [5, 5.41) is 2.81. The van der Waals surface area contributed by atoms with E-state index in [1.54, 1.807) is 36.4 Å². The van der Waals surface area contributed by atoms with Gasteiger partial charge in [-0.15, -0.1) is 0 Å². The van der Waals surface area contributed by atoms with Crippen LogP contribution >= 0.6 is 0 Å². The summed E-state index contributed by atoms with van der Waals surface area (Å²) in [6, 6.07) is 13.1. The van der Waals surface area contributed by atoms with Crippen LogP contribution < -0.4 is 10.1 Å². The molecule has 0 aliphatic carbocycles. The Bertz CT molecular complexity index is 664. The molecule has 4 nitrogen and oxygen atoms in total. The molecule has 5 heteroatoms. The molecular weight excluding hydrogens is 309 g/mol. The van der Waals surface area contributed by atoms with Crippen molar-refractivity contribution in [2.75, 3.05) is 13.2 Å². The van der Waals surface area contributed by atoms with E-state index >= 15 is 0 Å². The molecule has 1 amide bonds. The molecule has 1 aliphatic rings. The fraction of sp³-hybridized carbons (Fsp3) is 0.316. The first-order valence-electron chi connectivity index (χ1n) is 8.08. The number of carbonyl (C=O) groups excluding carboxylic acids is 1. The van der Waals surface area contributed by atoms with Crippen LogP contribution in [0.5, 0.6) is 5.75 Å². The van der Waals surface area contributed by atoms with E-state index in [4.69, 9.17) is 9.47 Å². The maximum atomic E-state index is 12.8. The second kappa shape index (κ2) is 7.93. The van der Waals surface area contributed by atoms with Gasteiger partial charge < -0.3 is 14.8 Å². The minimum absolute atomic E-state index is 0.170. The monoisotopic (exact) mass is 329 g/mol. The number of rotatable bonds is 6. The fourth-order valence-corrected chi connectivity index (χ4v) is 2.55. The highest BCUT2D eigenvalue weighted by Crippen LogP contribution is 2.16. The summed E-state index contributed by atoms with van der Waals surface area (Å²) in [5.41, 5.74) is 1.41. The molecule has 1 aliphatic heterocycles. The molecule has 0 unspecified atom stereocenters. The highest BCUT2D eigenvalue weighted by molar-refractivity contribution is 5.94. The van der Waals surface area contributed by atoms with E-state index < -0.39 is 0 Å². The van der Waals surface area contributed by atoms with Crippen molar-refractivity contribution in [3.8, 4) is 5.75 Å². The predicted molar refractivity (Wildman–Crippen MR) is 88.5 cm³/mol. The van der Waals surface area contributed by atoms with Crippen molar-refractivity contribution >= 4 is 5.91 Å². The van der Waals surface area contributed by atoms with Gasteiger partial charge in [-0.25, -0.2) is 4.39 Å². The van der Waals surface area contributed by atoms with Crippen molar-refractivity contribution in [3.05, 3.63) is 65.5 Å². The van der Waals surface area contributed by atoms with Crippen LogP contribution in [0.3, 0.4) is 0 Å². The molecule has 2 aromatic rings. The van der Waals surface area contributed by atoms with Crippen LogP contribution in [0.15, 0.2) is 48.5 Å². The van der Waals surface area contributed by atoms with Crippen molar-refractivity contribution in [1.82, 2.24) is 5.32 Å². The van der Waals surface area contributed by atoms with E-state index in [-0.39, 0.29) is 17.8 Å². The van der Waals surface area contributed by atoms with E-state index in [2.05, 4.69) is 5.32 Å². The third-order valence-electron chi connectivity index (χ3n) is 3.94. The van der Waals surface area contributed by atoms with Gasteiger partial charge in [-0.05, 0) is 54.8 Å². The maximum Gasteiger partial charge on any atom is 0.251 e. The smallest absolute Gasteiger partial charge is 0.251 e. The summed E-state index contributed by atoms with van der Waals surface area (Å²) in [5.74, 6) is 0.259. The highest BCUT2D eigenvalue weighted by Gasteiger charge is 2.16. The molecule has 0 bridgehead atoms. The number of ether oxygens (including phenoxy) is 2. The number of hydrogen-bond donors (Lipinski definition) is 1. The number of benzene rings is 2. The van der Waals surface area contributed by atoms with E-state index in [9.17, 15) is 9.18 Å². The van der Waals surface area contributed by atoms with Crippen molar-refractivity contribution in [2.45, 2.75) is 25.5 Å². The Kier molecular flexibility index (Phi) is 5.43. The first-order chi connectivity index (χ1) is 11.7. The van der Waals surface area contributed by atoms with Gasteiger partial charge in [-0.2, -0.15) is 0 Å². The van der Waals surface area contributed by atoms with E-state index in [0.29, 0.717) is 18.7 Å². The molecule has 0 spiro atoms. The zero-order valence-corrected chi connectivity index (χ0v) is 13.3. The zero-order chi connectivity index (χ0) is 16.8. The molecule has 24 heavy (non-hydrogen) atoms. The second-order valence-electron chi connectivity index (χ2n) is 5.78. The lowest BCUT2D eigenvalue weighted by Gasteiger charge is -2.11. The van der Waals surface area contributed by atoms with Crippen LogP contribution in [0.1, 0.15) is 28.8 Å². The van der Waals surface area contributed by atoms with Crippen molar-refractivity contribution < 1.29 is 18.7 Å². The zero-order valence-electron chi connectivity index (χ0n) is 13.3. The third kappa shape index (κ3) is 4.55. The average molecular weight is 329 g/mol. The van der Waals surface area contributed by atoms with Gasteiger partial charge in [-0.1, -0.05) is 12.1 Å². The van der Waals surface area contributed by atoms with Gasteiger partial charge in [-0.3, -0.25) is 4.79 Å². The normalized spacial score (nSPS) is 16.8. The molecular formula is C19H20FNO3. The molecule has 1 fully saturated rings. The summed E-state index contributed by atoms with van der Waals surface area (Å²) >= 11 is 0. The Balaban J connectivity index is 1.48. The lowest BCUT2D eigenvalue weighted by atomic mass is 10.2. The summed E-state index contributed by atoms with van der Waals surface area (Å²) in [6.45, 7) is 1.70. The van der Waals surface area contributed by atoms with Crippen LogP contribution in [0.25, 0.3) is 0 Å². The quantitative estimate of drug-likeness (QED) is 0.884. The Morgan fingerprint density at radius 3 is 2.58 bits per heavy atom. The molecule has 0 saturated carbocycles. The number of amides is 1. The molecule has 0 radical (unpaired) electrons. The first kappa shape index (κ1) is 16.5. The third-order valence-corrected chi connectivity index (χ3v) is 3.94. The predicted octanol–water partition coefficient (Wildman–Crippen LogP) is 3.31. The maximum absolute atomic E-state index is 12.8. The standard InChI is InChI=1S/C19H20FNO3/c20-16-7-3-14(4-8-16)12-21-19(22)15-5-9-17(10-6-15)24-13-18-2-1-11-23-18/h3-10,18H,1-2,11-13H2,(H,21,22)/t18-/m0/s1. The van der Waals surface area contributed by atoms with Gasteiger partial charge in [0.15, 0.2) is 0 Å². The Labute approximate surface area is 140 Å². The summed E-state index contributed by atoms with van der Waals surface area (Å²) in [4.78, 5) is 12.1. The summed E-state index contributed by atoms with van der Waals surface area (Å²) < 4.78 is 24.0. The lowest BCUT2D eigenvalue weighted by Crippen LogP contribution is -2.22. The highest BCUT2D eigenvalue weighted by atomic mass is 19.1. The second-order valence-corrected chi connectivity index (χ2v) is 5.78. The van der Waals surface area contributed by atoms with Gasteiger partial charge in [0.05, 0.1) is 6.10 Å². The van der Waals surface area contributed by atoms with Crippen LogP contribution in [0.4, 0.5) is 4.39 Å². The van der Waals surface area contributed by atoms with Crippen LogP contribution in [0, 0.1) is 5.82 Å². The molecule has 1 atom stereocenters. The molecule has 126 valence electrons. The Hall–Kier alpha value is -2.40. The van der Waals surface area contributed by atoms with Gasteiger partial charge >= 0.3 is 0 Å². The first-order valence-corrected chi connectivity index (χ1v) is 8.08. The minimum atomic E-state index is -0.288.